The van der Waals surface area contributed by atoms with Crippen molar-refractivity contribution in [2.75, 3.05) is 44.2 Å². The zero-order valence-electron chi connectivity index (χ0n) is 17.8. The molecule has 2 saturated heterocycles. The molecule has 0 unspecified atom stereocenters. The first-order valence-corrected chi connectivity index (χ1v) is 11.2. The highest BCUT2D eigenvalue weighted by atomic mass is 32.1. The summed E-state index contributed by atoms with van der Waals surface area (Å²) < 4.78 is 5.68. The maximum atomic E-state index is 9.75. The van der Waals surface area contributed by atoms with Crippen molar-refractivity contribution in [1.29, 1.82) is 5.26 Å². The van der Waals surface area contributed by atoms with Gasteiger partial charge in [0.05, 0.1) is 17.2 Å². The van der Waals surface area contributed by atoms with E-state index >= 15 is 0 Å². The number of fused-ring (bicyclic) bond motifs is 1. The second kappa shape index (κ2) is 9.15. The van der Waals surface area contributed by atoms with Gasteiger partial charge >= 0.3 is 0 Å². The van der Waals surface area contributed by atoms with E-state index in [0.717, 1.165) is 80.4 Å². The van der Waals surface area contributed by atoms with Crippen molar-refractivity contribution in [1.82, 2.24) is 15.2 Å². The summed E-state index contributed by atoms with van der Waals surface area (Å²) in [5, 5.41) is 14.9. The summed E-state index contributed by atoms with van der Waals surface area (Å²) in [6.45, 7) is 9.21. The van der Waals surface area contributed by atoms with E-state index in [1.165, 1.54) is 11.1 Å². The van der Waals surface area contributed by atoms with Crippen LogP contribution in [0.2, 0.25) is 0 Å². The third-order valence-corrected chi connectivity index (χ3v) is 6.60. The predicted molar refractivity (Wildman–Crippen MR) is 124 cm³/mol. The van der Waals surface area contributed by atoms with Crippen LogP contribution in [0.3, 0.4) is 0 Å². The zero-order chi connectivity index (χ0) is 21.1. The van der Waals surface area contributed by atoms with E-state index in [1.807, 2.05) is 6.07 Å². The van der Waals surface area contributed by atoms with Gasteiger partial charge in [-0.1, -0.05) is 12.1 Å². The van der Waals surface area contributed by atoms with Gasteiger partial charge in [-0.3, -0.25) is 0 Å². The van der Waals surface area contributed by atoms with Crippen molar-refractivity contribution in [3.63, 3.8) is 0 Å². The number of thiocarbonyl (C=S) groups is 1. The number of rotatable bonds is 3. The molecule has 2 aliphatic heterocycles. The molecule has 1 atom stereocenters. The molecule has 3 heterocycles. The van der Waals surface area contributed by atoms with Gasteiger partial charge in [0.25, 0.3) is 0 Å². The Morgan fingerprint density at radius 1 is 1.27 bits per heavy atom. The van der Waals surface area contributed by atoms with Crippen molar-refractivity contribution < 1.29 is 4.74 Å². The summed E-state index contributed by atoms with van der Waals surface area (Å²) in [7, 11) is 0. The van der Waals surface area contributed by atoms with E-state index in [2.05, 4.69) is 47.2 Å². The lowest BCUT2D eigenvalue weighted by atomic mass is 10.0. The highest BCUT2D eigenvalue weighted by molar-refractivity contribution is 7.80. The minimum absolute atomic E-state index is 0.276. The van der Waals surface area contributed by atoms with Crippen LogP contribution in [0.5, 0.6) is 0 Å². The first-order chi connectivity index (χ1) is 14.6. The van der Waals surface area contributed by atoms with E-state index in [-0.39, 0.29) is 6.10 Å². The topological polar surface area (TPSA) is 64.4 Å². The van der Waals surface area contributed by atoms with Crippen LogP contribution in [0.1, 0.15) is 36.0 Å². The van der Waals surface area contributed by atoms with Crippen molar-refractivity contribution in [3.05, 3.63) is 34.9 Å². The first kappa shape index (κ1) is 20.8. The molecule has 158 valence electrons. The fourth-order valence-corrected chi connectivity index (χ4v) is 4.51. The number of aromatic nitrogens is 1. The SMILES string of the molecule is Cc1ccc2cc(C#N)c(N3CCCN(C(=S)NC[C@H]4CCCO4)CC3)nc2c1C. The number of nitrogens with zero attached hydrogens (tertiary/aromatic N) is 4. The molecular weight excluding hydrogens is 394 g/mol. The van der Waals surface area contributed by atoms with Gasteiger partial charge in [-0.05, 0) is 62.5 Å². The molecule has 1 N–H and O–H groups in total. The van der Waals surface area contributed by atoms with Gasteiger partial charge in [-0.25, -0.2) is 4.98 Å². The Labute approximate surface area is 183 Å². The molecule has 0 radical (unpaired) electrons. The Hall–Kier alpha value is -2.43. The summed E-state index contributed by atoms with van der Waals surface area (Å²) >= 11 is 5.64. The highest BCUT2D eigenvalue weighted by Crippen LogP contribution is 2.27. The maximum Gasteiger partial charge on any atom is 0.169 e. The van der Waals surface area contributed by atoms with Crippen LogP contribution in [0.25, 0.3) is 10.9 Å². The molecule has 0 bridgehead atoms. The smallest absolute Gasteiger partial charge is 0.169 e. The standard InChI is InChI=1S/C23H29N5OS/c1-16-6-7-18-13-19(14-24)22(26-21(18)17(16)2)27-8-4-9-28(11-10-27)23(30)25-15-20-5-3-12-29-20/h6-7,13,20H,3-5,8-12,15H2,1-2H3,(H,25,30)/t20-/m1/s1. The monoisotopic (exact) mass is 423 g/mol. The van der Waals surface area contributed by atoms with Gasteiger partial charge in [0.15, 0.2) is 5.11 Å². The number of nitriles is 1. The normalized spacial score (nSPS) is 19.6. The van der Waals surface area contributed by atoms with Crippen molar-refractivity contribution >= 4 is 34.1 Å². The van der Waals surface area contributed by atoms with E-state index in [4.69, 9.17) is 21.9 Å². The van der Waals surface area contributed by atoms with Crippen molar-refractivity contribution in [2.45, 2.75) is 39.2 Å². The first-order valence-electron chi connectivity index (χ1n) is 10.8. The van der Waals surface area contributed by atoms with Crippen LogP contribution in [0, 0.1) is 25.2 Å². The Bertz CT molecular complexity index is 980. The summed E-state index contributed by atoms with van der Waals surface area (Å²) in [6.07, 6.45) is 3.49. The average molecular weight is 424 g/mol. The van der Waals surface area contributed by atoms with Crippen LogP contribution < -0.4 is 10.2 Å². The van der Waals surface area contributed by atoms with E-state index < -0.39 is 0 Å². The quantitative estimate of drug-likeness (QED) is 0.760. The van der Waals surface area contributed by atoms with Crippen LogP contribution in [0.15, 0.2) is 18.2 Å². The van der Waals surface area contributed by atoms with Gasteiger partial charge in [0.1, 0.15) is 11.9 Å². The number of anilines is 1. The molecule has 0 spiro atoms. The maximum absolute atomic E-state index is 9.75. The number of nitrogens with one attached hydrogen (secondary N) is 1. The second-order valence-corrected chi connectivity index (χ2v) is 8.59. The van der Waals surface area contributed by atoms with Crippen LogP contribution in [-0.2, 0) is 4.74 Å². The highest BCUT2D eigenvalue weighted by Gasteiger charge is 2.22. The fourth-order valence-electron chi connectivity index (χ4n) is 4.25. The van der Waals surface area contributed by atoms with E-state index in [1.54, 1.807) is 0 Å². The minimum atomic E-state index is 0.276. The Kier molecular flexibility index (Phi) is 6.35. The molecule has 4 rings (SSSR count). The van der Waals surface area contributed by atoms with E-state index in [9.17, 15) is 5.26 Å². The Balaban J connectivity index is 1.48. The molecule has 2 aliphatic rings. The second-order valence-electron chi connectivity index (χ2n) is 8.20. The van der Waals surface area contributed by atoms with Gasteiger partial charge in [0.2, 0.25) is 0 Å². The fraction of sp³-hybridized carbons (Fsp3) is 0.522. The lowest BCUT2D eigenvalue weighted by Crippen LogP contribution is -2.44. The molecule has 2 aromatic rings. The summed E-state index contributed by atoms with van der Waals surface area (Å²) in [5.41, 5.74) is 4.02. The lowest BCUT2D eigenvalue weighted by molar-refractivity contribution is 0.113. The Morgan fingerprint density at radius 2 is 2.13 bits per heavy atom. The van der Waals surface area contributed by atoms with Crippen LogP contribution in [-0.4, -0.2) is 60.4 Å². The third-order valence-electron chi connectivity index (χ3n) is 6.20. The van der Waals surface area contributed by atoms with Crippen LogP contribution >= 0.6 is 12.2 Å². The molecule has 2 fully saturated rings. The summed E-state index contributed by atoms with van der Waals surface area (Å²) in [6, 6.07) is 8.47. The van der Waals surface area contributed by atoms with Crippen molar-refractivity contribution in [3.8, 4) is 6.07 Å². The number of ether oxygens (including phenoxy) is 1. The third kappa shape index (κ3) is 4.35. The molecule has 0 amide bonds. The largest absolute Gasteiger partial charge is 0.376 e. The predicted octanol–water partition coefficient (Wildman–Crippen LogP) is 3.29. The minimum Gasteiger partial charge on any atom is -0.376 e. The molecule has 0 saturated carbocycles. The number of hydrogen-bond acceptors (Lipinski definition) is 5. The van der Waals surface area contributed by atoms with Crippen molar-refractivity contribution in [2.24, 2.45) is 0 Å². The average Bonchev–Trinajstić information content (AvgIpc) is 3.16. The lowest BCUT2D eigenvalue weighted by Gasteiger charge is -2.26. The summed E-state index contributed by atoms with van der Waals surface area (Å²) in [4.78, 5) is 9.42. The van der Waals surface area contributed by atoms with Gasteiger partial charge in [-0.15, -0.1) is 0 Å². The molecule has 7 heteroatoms. The molecule has 6 nitrogen and oxygen atoms in total. The molecule has 30 heavy (non-hydrogen) atoms. The molecule has 1 aromatic carbocycles. The van der Waals surface area contributed by atoms with E-state index in [0.29, 0.717) is 5.56 Å². The van der Waals surface area contributed by atoms with Gasteiger partial charge in [0, 0.05) is 44.7 Å². The zero-order valence-corrected chi connectivity index (χ0v) is 18.6. The number of aryl methyl sites for hydroxylation is 2. The number of pyridine rings is 1. The van der Waals surface area contributed by atoms with Crippen LogP contribution in [0.4, 0.5) is 5.82 Å². The summed E-state index contributed by atoms with van der Waals surface area (Å²) in [5.74, 6) is 0.791. The van der Waals surface area contributed by atoms with Gasteiger partial charge < -0.3 is 19.9 Å². The van der Waals surface area contributed by atoms with Gasteiger partial charge in [-0.2, -0.15) is 5.26 Å². The molecule has 0 aliphatic carbocycles. The molecular formula is C23H29N5OS. The number of hydrogen-bond donors (Lipinski definition) is 1. The Morgan fingerprint density at radius 3 is 2.90 bits per heavy atom. The molecule has 1 aromatic heterocycles. The number of benzene rings is 1.